The molecule has 0 amide bonds. The Morgan fingerprint density at radius 3 is 2.37 bits per heavy atom. The molecule has 4 rings (SSSR count). The molecule has 1 aliphatic heterocycles. The monoisotopic (exact) mass is 408 g/mol. The summed E-state index contributed by atoms with van der Waals surface area (Å²) in [4.78, 5) is 20.1. The van der Waals surface area contributed by atoms with Crippen molar-refractivity contribution in [2.24, 2.45) is 0 Å². The number of non-ortho nitro benzene ring substituents is 1. The van der Waals surface area contributed by atoms with Gasteiger partial charge in [-0.1, -0.05) is 0 Å². The van der Waals surface area contributed by atoms with Crippen LogP contribution in [0.25, 0.3) is 10.9 Å². The van der Waals surface area contributed by atoms with E-state index < -0.39 is 0 Å². The summed E-state index contributed by atoms with van der Waals surface area (Å²) in [6, 6.07) is 12.8. The number of fused-ring (bicyclic) bond motifs is 1. The van der Waals surface area contributed by atoms with Crippen LogP contribution in [-0.4, -0.2) is 50.3 Å². The fraction of sp³-hybridized carbons (Fsp3) is 0.318. The molecule has 0 radical (unpaired) electrons. The lowest BCUT2D eigenvalue weighted by Gasteiger charge is -2.26. The van der Waals surface area contributed by atoms with Crippen molar-refractivity contribution < 1.29 is 14.4 Å². The largest absolute Gasteiger partial charge is 0.497 e. The van der Waals surface area contributed by atoms with Gasteiger partial charge in [-0.25, -0.2) is 0 Å². The summed E-state index contributed by atoms with van der Waals surface area (Å²) in [6.07, 6.45) is 2.63. The van der Waals surface area contributed by atoms with Gasteiger partial charge >= 0.3 is 0 Å². The highest BCUT2D eigenvalue weighted by atomic mass is 16.6. The van der Waals surface area contributed by atoms with Gasteiger partial charge in [0.1, 0.15) is 17.0 Å². The Bertz CT molecular complexity index is 1050. The second-order valence-corrected chi connectivity index (χ2v) is 7.16. The Morgan fingerprint density at radius 1 is 0.967 bits per heavy atom. The smallest absolute Gasteiger partial charge is 0.278 e. The number of methoxy groups -OCH3 is 2. The van der Waals surface area contributed by atoms with E-state index in [0.29, 0.717) is 10.9 Å². The third kappa shape index (κ3) is 3.80. The standard InChI is InChI=1S/C22H24N4O4/c1-29-17-13-16(14-18(15-17)30-2)24-9-4-10-25(12-11-24)21-7-6-20(26(27)28)19-5-3-8-23-22(19)21/h3,5-8,13-15H,4,9-12H2,1-2H3. The highest BCUT2D eigenvalue weighted by molar-refractivity contribution is 5.97. The van der Waals surface area contributed by atoms with Crippen LogP contribution >= 0.6 is 0 Å². The third-order valence-electron chi connectivity index (χ3n) is 5.46. The molecule has 1 fully saturated rings. The molecular weight excluding hydrogens is 384 g/mol. The Balaban J connectivity index is 1.61. The van der Waals surface area contributed by atoms with Crippen molar-refractivity contribution in [1.29, 1.82) is 0 Å². The predicted octanol–water partition coefficient (Wildman–Crippen LogP) is 3.88. The number of nitro groups is 1. The molecule has 0 bridgehead atoms. The normalized spacial score (nSPS) is 14.5. The van der Waals surface area contributed by atoms with Crippen molar-refractivity contribution in [3.8, 4) is 11.5 Å². The topological polar surface area (TPSA) is 81.0 Å². The van der Waals surface area contributed by atoms with Crippen LogP contribution < -0.4 is 19.3 Å². The molecule has 156 valence electrons. The quantitative estimate of drug-likeness (QED) is 0.468. The van der Waals surface area contributed by atoms with Gasteiger partial charge in [-0.15, -0.1) is 0 Å². The number of rotatable bonds is 5. The summed E-state index contributed by atoms with van der Waals surface area (Å²) in [5.41, 5.74) is 2.74. The molecule has 0 aliphatic carbocycles. The zero-order valence-corrected chi connectivity index (χ0v) is 17.1. The lowest BCUT2D eigenvalue weighted by Crippen LogP contribution is -2.30. The molecule has 2 aromatic carbocycles. The fourth-order valence-corrected chi connectivity index (χ4v) is 3.95. The van der Waals surface area contributed by atoms with Gasteiger partial charge in [-0.3, -0.25) is 15.1 Å². The molecule has 0 unspecified atom stereocenters. The Labute approximate surface area is 174 Å². The summed E-state index contributed by atoms with van der Waals surface area (Å²) in [5.74, 6) is 1.52. The first kappa shape index (κ1) is 19.8. The number of benzene rings is 2. The molecule has 30 heavy (non-hydrogen) atoms. The number of nitro benzene ring substituents is 1. The van der Waals surface area contributed by atoms with Gasteiger partial charge < -0.3 is 19.3 Å². The second kappa shape index (κ2) is 8.44. The lowest BCUT2D eigenvalue weighted by atomic mass is 10.1. The summed E-state index contributed by atoms with van der Waals surface area (Å²) in [7, 11) is 3.30. The molecule has 1 saturated heterocycles. The van der Waals surface area contributed by atoms with E-state index in [2.05, 4.69) is 14.8 Å². The first-order valence-electron chi connectivity index (χ1n) is 9.86. The van der Waals surface area contributed by atoms with Crippen LogP contribution in [0.15, 0.2) is 48.7 Å². The van der Waals surface area contributed by atoms with Crippen LogP contribution in [0.2, 0.25) is 0 Å². The summed E-state index contributed by atoms with van der Waals surface area (Å²) in [5, 5.41) is 12.0. The van der Waals surface area contributed by atoms with Gasteiger partial charge in [0, 0.05) is 62.3 Å². The molecule has 0 atom stereocenters. The number of ether oxygens (including phenoxy) is 2. The first-order valence-corrected chi connectivity index (χ1v) is 9.86. The van der Waals surface area contributed by atoms with Gasteiger partial charge in [0.25, 0.3) is 5.69 Å². The van der Waals surface area contributed by atoms with Crippen LogP contribution in [0, 0.1) is 10.1 Å². The van der Waals surface area contributed by atoms with Crippen LogP contribution in [0.5, 0.6) is 11.5 Å². The molecule has 1 aromatic heterocycles. The van der Waals surface area contributed by atoms with Crippen LogP contribution in [-0.2, 0) is 0 Å². The average Bonchev–Trinajstić information content (AvgIpc) is 3.04. The number of anilines is 2. The third-order valence-corrected chi connectivity index (χ3v) is 5.46. The van der Waals surface area contributed by atoms with Crippen molar-refractivity contribution in [3.63, 3.8) is 0 Å². The molecule has 3 aromatic rings. The zero-order valence-electron chi connectivity index (χ0n) is 17.1. The van der Waals surface area contributed by atoms with E-state index in [-0.39, 0.29) is 10.6 Å². The molecule has 0 saturated carbocycles. The maximum absolute atomic E-state index is 11.4. The van der Waals surface area contributed by atoms with E-state index in [4.69, 9.17) is 9.47 Å². The first-order chi connectivity index (χ1) is 14.6. The summed E-state index contributed by atoms with van der Waals surface area (Å²) >= 11 is 0. The number of pyridine rings is 1. The lowest BCUT2D eigenvalue weighted by molar-refractivity contribution is -0.383. The minimum Gasteiger partial charge on any atom is -0.497 e. The molecule has 2 heterocycles. The number of aromatic nitrogens is 1. The molecule has 8 heteroatoms. The molecule has 0 spiro atoms. The molecule has 0 N–H and O–H groups in total. The van der Waals surface area contributed by atoms with E-state index >= 15 is 0 Å². The number of hydrogen-bond donors (Lipinski definition) is 0. The van der Waals surface area contributed by atoms with E-state index in [9.17, 15) is 10.1 Å². The predicted molar refractivity (Wildman–Crippen MR) is 117 cm³/mol. The highest BCUT2D eigenvalue weighted by Crippen LogP contribution is 2.33. The van der Waals surface area contributed by atoms with Crippen molar-refractivity contribution in [2.75, 3.05) is 50.2 Å². The minimum atomic E-state index is -0.353. The van der Waals surface area contributed by atoms with Crippen LogP contribution in [0.4, 0.5) is 17.1 Å². The van der Waals surface area contributed by atoms with Gasteiger partial charge in [0.15, 0.2) is 0 Å². The van der Waals surface area contributed by atoms with E-state index in [1.54, 1.807) is 38.6 Å². The van der Waals surface area contributed by atoms with Crippen molar-refractivity contribution in [1.82, 2.24) is 4.98 Å². The minimum absolute atomic E-state index is 0.0850. The van der Waals surface area contributed by atoms with Gasteiger partial charge in [0.05, 0.1) is 30.2 Å². The molecule has 1 aliphatic rings. The van der Waals surface area contributed by atoms with E-state index in [0.717, 1.165) is 55.5 Å². The van der Waals surface area contributed by atoms with Crippen molar-refractivity contribution >= 4 is 28.0 Å². The van der Waals surface area contributed by atoms with Crippen LogP contribution in [0.1, 0.15) is 6.42 Å². The SMILES string of the molecule is COc1cc(OC)cc(N2CCCN(c3ccc([N+](=O)[O-])c4cccnc34)CC2)c1. The summed E-state index contributed by atoms with van der Waals surface area (Å²) in [6.45, 7) is 3.33. The maximum Gasteiger partial charge on any atom is 0.278 e. The van der Waals surface area contributed by atoms with Crippen molar-refractivity contribution in [2.45, 2.75) is 6.42 Å². The van der Waals surface area contributed by atoms with E-state index in [1.165, 1.54) is 0 Å². The zero-order chi connectivity index (χ0) is 21.1. The Kier molecular flexibility index (Phi) is 5.56. The molecular formula is C22H24N4O4. The number of hydrogen-bond acceptors (Lipinski definition) is 7. The Hall–Kier alpha value is -3.55. The van der Waals surface area contributed by atoms with Gasteiger partial charge in [0.2, 0.25) is 0 Å². The molecule has 8 nitrogen and oxygen atoms in total. The van der Waals surface area contributed by atoms with E-state index in [1.807, 2.05) is 24.3 Å². The van der Waals surface area contributed by atoms with Gasteiger partial charge in [-0.2, -0.15) is 0 Å². The van der Waals surface area contributed by atoms with Crippen LogP contribution in [0.3, 0.4) is 0 Å². The number of nitrogens with zero attached hydrogens (tertiary/aromatic N) is 4. The average molecular weight is 408 g/mol. The highest BCUT2D eigenvalue weighted by Gasteiger charge is 2.21. The van der Waals surface area contributed by atoms with Crippen molar-refractivity contribution in [3.05, 3.63) is 58.8 Å². The Morgan fingerprint density at radius 2 is 1.67 bits per heavy atom. The fourth-order valence-electron chi connectivity index (χ4n) is 3.95. The maximum atomic E-state index is 11.4. The van der Waals surface area contributed by atoms with Gasteiger partial charge in [-0.05, 0) is 24.6 Å². The summed E-state index contributed by atoms with van der Waals surface area (Å²) < 4.78 is 10.8. The second-order valence-electron chi connectivity index (χ2n) is 7.16.